The van der Waals surface area contributed by atoms with Gasteiger partial charge in [-0.1, -0.05) is 28.1 Å². The van der Waals surface area contributed by atoms with E-state index in [0.717, 1.165) is 32.3 Å². The van der Waals surface area contributed by atoms with Gasteiger partial charge in [0.05, 0.1) is 18.0 Å². The maximum atomic E-state index is 12.0. The number of hydrogen-bond donors (Lipinski definition) is 1. The van der Waals surface area contributed by atoms with Gasteiger partial charge < -0.3 is 9.73 Å². The number of aryl methyl sites for hydroxylation is 1. The van der Waals surface area contributed by atoms with Crippen molar-refractivity contribution in [3.63, 3.8) is 0 Å². The second-order valence-corrected chi connectivity index (χ2v) is 7.08. The number of nitrogens with zero attached hydrogens (tertiary/aromatic N) is 1. The molecule has 0 unspecified atom stereocenters. The van der Waals surface area contributed by atoms with Crippen LogP contribution in [0.15, 0.2) is 50.7 Å². The van der Waals surface area contributed by atoms with Crippen LogP contribution in [0.2, 0.25) is 0 Å². The number of rotatable bonds is 5. The minimum Gasteiger partial charge on any atom is -0.458 e. The van der Waals surface area contributed by atoms with E-state index in [2.05, 4.69) is 26.2 Å². The Morgan fingerprint density at radius 2 is 2.04 bits per heavy atom. The summed E-state index contributed by atoms with van der Waals surface area (Å²) in [6, 6.07) is 11.5. The van der Waals surface area contributed by atoms with Gasteiger partial charge in [0, 0.05) is 9.85 Å². The van der Waals surface area contributed by atoms with Crippen LogP contribution in [0.5, 0.6) is 0 Å². The summed E-state index contributed by atoms with van der Waals surface area (Å²) in [6.07, 6.45) is 0.353. The zero-order valence-electron chi connectivity index (χ0n) is 12.5. The lowest BCUT2D eigenvalue weighted by Gasteiger charge is -2.04. The van der Waals surface area contributed by atoms with Gasteiger partial charge in [-0.3, -0.25) is 4.79 Å². The zero-order chi connectivity index (χ0) is 16.2. The standard InChI is InChI=1S/C17H15BrN2O2S/c1-11-20-15(10-23-11)16-7-6-14(22-16)9-19-17(21)8-12-2-4-13(18)5-3-12/h2-7,10H,8-9H2,1H3,(H,19,21). The van der Waals surface area contributed by atoms with Gasteiger partial charge in [-0.05, 0) is 36.8 Å². The lowest BCUT2D eigenvalue weighted by Crippen LogP contribution is -2.24. The van der Waals surface area contributed by atoms with Gasteiger partial charge >= 0.3 is 0 Å². The first-order valence-corrected chi connectivity index (χ1v) is 8.80. The molecule has 2 aromatic heterocycles. The van der Waals surface area contributed by atoms with Gasteiger partial charge in [-0.25, -0.2) is 4.98 Å². The van der Waals surface area contributed by atoms with Gasteiger partial charge in [-0.15, -0.1) is 11.3 Å². The molecule has 1 N–H and O–H groups in total. The van der Waals surface area contributed by atoms with Crippen molar-refractivity contribution >= 4 is 33.2 Å². The molecule has 4 nitrogen and oxygen atoms in total. The summed E-state index contributed by atoms with van der Waals surface area (Å²) >= 11 is 4.96. The second-order valence-electron chi connectivity index (χ2n) is 5.10. The molecule has 0 saturated heterocycles. The second kappa shape index (κ2) is 7.10. The number of hydrogen-bond acceptors (Lipinski definition) is 4. The fourth-order valence-electron chi connectivity index (χ4n) is 2.12. The van der Waals surface area contributed by atoms with Crippen molar-refractivity contribution in [2.45, 2.75) is 19.9 Å². The summed E-state index contributed by atoms with van der Waals surface area (Å²) < 4.78 is 6.72. The Morgan fingerprint density at radius 3 is 2.74 bits per heavy atom. The van der Waals surface area contributed by atoms with Crippen molar-refractivity contribution in [2.24, 2.45) is 0 Å². The molecule has 1 aromatic carbocycles. The topological polar surface area (TPSA) is 55.1 Å². The van der Waals surface area contributed by atoms with Crippen molar-refractivity contribution in [1.82, 2.24) is 10.3 Å². The van der Waals surface area contributed by atoms with Crippen molar-refractivity contribution in [3.8, 4) is 11.5 Å². The fraction of sp³-hybridized carbons (Fsp3) is 0.176. The third-order valence-electron chi connectivity index (χ3n) is 3.27. The van der Waals surface area contributed by atoms with E-state index in [9.17, 15) is 4.79 Å². The number of nitrogens with one attached hydrogen (secondary N) is 1. The average Bonchev–Trinajstić information content (AvgIpc) is 3.16. The normalized spacial score (nSPS) is 10.7. The van der Waals surface area contributed by atoms with E-state index < -0.39 is 0 Å². The molecule has 0 radical (unpaired) electrons. The predicted octanol–water partition coefficient (Wildman–Crippen LogP) is 4.33. The van der Waals surface area contributed by atoms with Gasteiger partial charge in [-0.2, -0.15) is 0 Å². The molecule has 0 saturated carbocycles. The molecule has 6 heteroatoms. The van der Waals surface area contributed by atoms with E-state index in [0.29, 0.717) is 13.0 Å². The highest BCUT2D eigenvalue weighted by Crippen LogP contribution is 2.23. The maximum Gasteiger partial charge on any atom is 0.224 e. The summed E-state index contributed by atoms with van der Waals surface area (Å²) in [6.45, 7) is 2.33. The number of benzene rings is 1. The molecular weight excluding hydrogens is 376 g/mol. The molecule has 0 atom stereocenters. The minimum atomic E-state index is -0.0326. The van der Waals surface area contributed by atoms with Gasteiger partial charge in [0.15, 0.2) is 5.76 Å². The van der Waals surface area contributed by atoms with Gasteiger partial charge in [0.1, 0.15) is 11.5 Å². The highest BCUT2D eigenvalue weighted by Gasteiger charge is 2.09. The number of thiazole rings is 1. The fourth-order valence-corrected chi connectivity index (χ4v) is 2.99. The molecule has 3 aromatic rings. The lowest BCUT2D eigenvalue weighted by molar-refractivity contribution is -0.120. The minimum absolute atomic E-state index is 0.0326. The third kappa shape index (κ3) is 4.30. The van der Waals surface area contributed by atoms with Crippen LogP contribution >= 0.6 is 27.3 Å². The van der Waals surface area contributed by atoms with Crippen LogP contribution < -0.4 is 5.32 Å². The van der Waals surface area contributed by atoms with E-state index in [1.54, 1.807) is 11.3 Å². The largest absolute Gasteiger partial charge is 0.458 e. The van der Waals surface area contributed by atoms with Crippen LogP contribution in [-0.4, -0.2) is 10.9 Å². The maximum absolute atomic E-state index is 12.0. The first kappa shape index (κ1) is 16.0. The van der Waals surface area contributed by atoms with Crippen LogP contribution in [0.25, 0.3) is 11.5 Å². The Kier molecular flexibility index (Phi) is 4.93. The smallest absolute Gasteiger partial charge is 0.224 e. The Hall–Kier alpha value is -1.92. The van der Waals surface area contributed by atoms with E-state index in [-0.39, 0.29) is 5.91 Å². The molecule has 0 fully saturated rings. The number of amides is 1. The van der Waals surface area contributed by atoms with Crippen LogP contribution in [0, 0.1) is 6.92 Å². The zero-order valence-corrected chi connectivity index (χ0v) is 14.9. The quantitative estimate of drug-likeness (QED) is 0.704. The van der Waals surface area contributed by atoms with Crippen LogP contribution in [-0.2, 0) is 17.8 Å². The molecule has 2 heterocycles. The van der Waals surface area contributed by atoms with Crippen LogP contribution in [0.4, 0.5) is 0 Å². The molecule has 0 aliphatic heterocycles. The number of furan rings is 1. The molecule has 0 aliphatic rings. The van der Waals surface area contributed by atoms with Crippen LogP contribution in [0.3, 0.4) is 0 Å². The highest BCUT2D eigenvalue weighted by molar-refractivity contribution is 9.10. The van der Waals surface area contributed by atoms with Crippen molar-refractivity contribution in [1.29, 1.82) is 0 Å². The summed E-state index contributed by atoms with van der Waals surface area (Å²) in [5.41, 5.74) is 1.81. The number of carbonyl (C=O) groups excluding carboxylic acids is 1. The summed E-state index contributed by atoms with van der Waals surface area (Å²) in [5, 5.41) is 5.83. The van der Waals surface area contributed by atoms with Crippen molar-refractivity contribution in [2.75, 3.05) is 0 Å². The van der Waals surface area contributed by atoms with Gasteiger partial charge in [0.25, 0.3) is 0 Å². The molecule has 0 aliphatic carbocycles. The summed E-state index contributed by atoms with van der Waals surface area (Å²) in [5.74, 6) is 1.41. The first-order chi connectivity index (χ1) is 11.1. The predicted molar refractivity (Wildman–Crippen MR) is 94.2 cm³/mol. The van der Waals surface area contributed by atoms with Crippen molar-refractivity contribution in [3.05, 3.63) is 62.6 Å². The van der Waals surface area contributed by atoms with E-state index >= 15 is 0 Å². The Balaban J connectivity index is 1.55. The molecule has 1 amide bonds. The monoisotopic (exact) mass is 390 g/mol. The number of aromatic nitrogens is 1. The Labute approximate surface area is 146 Å². The number of carbonyl (C=O) groups is 1. The van der Waals surface area contributed by atoms with Gasteiger partial charge in [0.2, 0.25) is 5.91 Å². The van der Waals surface area contributed by atoms with Crippen molar-refractivity contribution < 1.29 is 9.21 Å². The average molecular weight is 391 g/mol. The molecule has 118 valence electrons. The molecule has 23 heavy (non-hydrogen) atoms. The molecular formula is C17H15BrN2O2S. The highest BCUT2D eigenvalue weighted by atomic mass is 79.9. The Bertz CT molecular complexity index is 808. The summed E-state index contributed by atoms with van der Waals surface area (Å²) in [7, 11) is 0. The summed E-state index contributed by atoms with van der Waals surface area (Å²) in [4.78, 5) is 16.4. The number of halogens is 1. The molecule has 0 bridgehead atoms. The molecule has 0 spiro atoms. The van der Waals surface area contributed by atoms with Crippen LogP contribution in [0.1, 0.15) is 16.3 Å². The molecule has 3 rings (SSSR count). The SMILES string of the molecule is Cc1nc(-c2ccc(CNC(=O)Cc3ccc(Br)cc3)o2)cs1. The Morgan fingerprint density at radius 1 is 1.26 bits per heavy atom. The third-order valence-corrected chi connectivity index (χ3v) is 4.57. The van der Waals surface area contributed by atoms with E-state index in [4.69, 9.17) is 4.42 Å². The van der Waals surface area contributed by atoms with E-state index in [1.165, 1.54) is 0 Å². The lowest BCUT2D eigenvalue weighted by atomic mass is 10.1. The first-order valence-electron chi connectivity index (χ1n) is 7.12. The van der Waals surface area contributed by atoms with E-state index in [1.807, 2.05) is 48.7 Å².